The van der Waals surface area contributed by atoms with E-state index in [0.717, 1.165) is 16.7 Å². The van der Waals surface area contributed by atoms with Crippen LogP contribution in [0.15, 0.2) is 72.3 Å². The Morgan fingerprint density at radius 3 is 2.69 bits per heavy atom. The molecule has 3 aromatic rings. The van der Waals surface area contributed by atoms with E-state index in [-0.39, 0.29) is 4.90 Å². The third kappa shape index (κ3) is 4.28. The number of fused-ring (bicyclic) bond motifs is 4. The molecular formula is C21H21N5O2S. The Kier molecular flexibility index (Phi) is 5.28. The lowest BCUT2D eigenvalue weighted by atomic mass is 10.0. The molecule has 0 spiro atoms. The van der Waals surface area contributed by atoms with Crippen LogP contribution in [0.1, 0.15) is 17.5 Å². The van der Waals surface area contributed by atoms with Crippen LogP contribution >= 0.6 is 0 Å². The molecule has 8 heteroatoms. The highest BCUT2D eigenvalue weighted by atomic mass is 32.2. The number of hydrogen-bond acceptors (Lipinski definition) is 6. The van der Waals surface area contributed by atoms with Gasteiger partial charge in [0, 0.05) is 30.5 Å². The number of anilines is 3. The highest BCUT2D eigenvalue weighted by Gasteiger charge is 2.16. The Balaban J connectivity index is 1.72. The Morgan fingerprint density at radius 2 is 1.86 bits per heavy atom. The molecule has 0 aliphatic carbocycles. The van der Waals surface area contributed by atoms with Crippen LogP contribution in [0.3, 0.4) is 0 Å². The second-order valence-electron chi connectivity index (χ2n) is 6.63. The van der Waals surface area contributed by atoms with Gasteiger partial charge in [-0.05, 0) is 35.8 Å². The monoisotopic (exact) mass is 407 g/mol. The maximum atomic E-state index is 12.5. The standard InChI is InChI=1S/C21H21N5O2S/c1-15(16-7-3-2-4-8-16)19-14-23-21-25-17-9-5-10-18(13-17)29(27,28)24-12-6-11-22-20(19)26-21/h2-5,7-10,13-14,24H,1,6,11-12H2,(H2,22,23,25,26). The summed E-state index contributed by atoms with van der Waals surface area (Å²) in [6.07, 6.45) is 2.33. The largest absolute Gasteiger partial charge is 0.369 e. The van der Waals surface area contributed by atoms with Crippen LogP contribution in [0.4, 0.5) is 17.5 Å². The van der Waals surface area contributed by atoms with Gasteiger partial charge in [-0.3, -0.25) is 0 Å². The zero-order valence-corrected chi connectivity index (χ0v) is 16.5. The zero-order chi connectivity index (χ0) is 20.3. The van der Waals surface area contributed by atoms with Crippen LogP contribution in [-0.2, 0) is 10.0 Å². The first-order valence-corrected chi connectivity index (χ1v) is 10.7. The first-order valence-electron chi connectivity index (χ1n) is 9.25. The minimum absolute atomic E-state index is 0.198. The fourth-order valence-corrected chi connectivity index (χ4v) is 4.17. The third-order valence-electron chi connectivity index (χ3n) is 4.57. The minimum atomic E-state index is -3.57. The van der Waals surface area contributed by atoms with Gasteiger partial charge >= 0.3 is 0 Å². The summed E-state index contributed by atoms with van der Waals surface area (Å²) in [7, 11) is -3.57. The number of sulfonamides is 1. The molecule has 2 aromatic carbocycles. The van der Waals surface area contributed by atoms with Crippen molar-refractivity contribution < 1.29 is 8.42 Å². The number of nitrogens with one attached hydrogen (secondary N) is 3. The molecule has 2 heterocycles. The average molecular weight is 407 g/mol. The molecule has 1 aliphatic heterocycles. The smallest absolute Gasteiger partial charge is 0.240 e. The quantitative estimate of drug-likeness (QED) is 0.603. The number of rotatable bonds is 2. The van der Waals surface area contributed by atoms with Gasteiger partial charge in [0.15, 0.2) is 0 Å². The van der Waals surface area contributed by atoms with Gasteiger partial charge in [-0.15, -0.1) is 0 Å². The summed E-state index contributed by atoms with van der Waals surface area (Å²) in [6.45, 7) is 5.08. The number of nitrogens with zero attached hydrogens (tertiary/aromatic N) is 2. The topological polar surface area (TPSA) is 96.0 Å². The van der Waals surface area contributed by atoms with Crippen molar-refractivity contribution in [2.75, 3.05) is 23.7 Å². The van der Waals surface area contributed by atoms with Gasteiger partial charge in [-0.25, -0.2) is 18.1 Å². The first-order chi connectivity index (χ1) is 14.0. The fourth-order valence-electron chi connectivity index (χ4n) is 3.05. The predicted octanol–water partition coefficient (Wildman–Crippen LogP) is 3.38. The fraction of sp³-hybridized carbons (Fsp3) is 0.143. The van der Waals surface area contributed by atoms with Crippen LogP contribution in [0.2, 0.25) is 0 Å². The highest BCUT2D eigenvalue weighted by molar-refractivity contribution is 7.89. The van der Waals surface area contributed by atoms with E-state index in [1.54, 1.807) is 30.5 Å². The van der Waals surface area contributed by atoms with E-state index in [2.05, 4.69) is 31.9 Å². The van der Waals surface area contributed by atoms with Gasteiger partial charge in [-0.2, -0.15) is 4.98 Å². The summed E-state index contributed by atoms with van der Waals surface area (Å²) in [5, 5.41) is 6.37. The van der Waals surface area contributed by atoms with Gasteiger partial charge < -0.3 is 10.6 Å². The van der Waals surface area contributed by atoms with Crippen LogP contribution in [0, 0.1) is 0 Å². The lowest BCUT2D eigenvalue weighted by Gasteiger charge is -2.14. The summed E-state index contributed by atoms with van der Waals surface area (Å²) in [5.74, 6) is 1.02. The summed E-state index contributed by atoms with van der Waals surface area (Å²) in [4.78, 5) is 9.22. The van der Waals surface area contributed by atoms with Crippen molar-refractivity contribution in [2.24, 2.45) is 0 Å². The van der Waals surface area contributed by atoms with Gasteiger partial charge in [0.25, 0.3) is 0 Å². The maximum absolute atomic E-state index is 12.5. The Labute approximate surface area is 170 Å². The second-order valence-corrected chi connectivity index (χ2v) is 8.40. The minimum Gasteiger partial charge on any atom is -0.369 e. The summed E-state index contributed by atoms with van der Waals surface area (Å²) < 4.78 is 27.5. The number of aromatic nitrogens is 2. The zero-order valence-electron chi connectivity index (χ0n) is 15.7. The van der Waals surface area contributed by atoms with E-state index in [9.17, 15) is 8.42 Å². The molecule has 7 nitrogen and oxygen atoms in total. The molecular weight excluding hydrogens is 386 g/mol. The lowest BCUT2D eigenvalue weighted by Crippen LogP contribution is -2.26. The highest BCUT2D eigenvalue weighted by Crippen LogP contribution is 2.28. The van der Waals surface area contributed by atoms with Crippen molar-refractivity contribution in [3.8, 4) is 0 Å². The van der Waals surface area contributed by atoms with E-state index < -0.39 is 10.0 Å². The van der Waals surface area contributed by atoms with Crippen LogP contribution < -0.4 is 15.4 Å². The lowest BCUT2D eigenvalue weighted by molar-refractivity contribution is 0.580. The van der Waals surface area contributed by atoms with E-state index in [1.165, 1.54) is 0 Å². The summed E-state index contributed by atoms with van der Waals surface area (Å²) in [6, 6.07) is 16.4. The van der Waals surface area contributed by atoms with Crippen LogP contribution in [0.5, 0.6) is 0 Å². The van der Waals surface area contributed by atoms with Crippen LogP contribution in [0.25, 0.3) is 5.57 Å². The first kappa shape index (κ1) is 19.1. The van der Waals surface area contributed by atoms with Crippen molar-refractivity contribution in [1.82, 2.24) is 14.7 Å². The molecule has 0 saturated carbocycles. The van der Waals surface area contributed by atoms with Crippen molar-refractivity contribution >= 4 is 33.0 Å². The normalized spacial score (nSPS) is 15.6. The SMILES string of the molecule is C=C(c1ccccc1)c1cnc2nc1NCCCNS(=O)(=O)c1cccc(c1)N2. The van der Waals surface area contributed by atoms with Crippen molar-refractivity contribution in [2.45, 2.75) is 11.3 Å². The molecule has 4 rings (SSSR count). The van der Waals surface area contributed by atoms with E-state index >= 15 is 0 Å². The summed E-state index contributed by atoms with van der Waals surface area (Å²) in [5.41, 5.74) is 3.18. The van der Waals surface area contributed by atoms with E-state index in [1.807, 2.05) is 30.3 Å². The van der Waals surface area contributed by atoms with Gasteiger partial charge in [0.05, 0.1) is 4.90 Å². The van der Waals surface area contributed by atoms with Gasteiger partial charge in [-0.1, -0.05) is 43.0 Å². The number of benzene rings is 2. The average Bonchev–Trinajstić information content (AvgIpc) is 2.74. The molecule has 29 heavy (non-hydrogen) atoms. The number of hydrogen-bond donors (Lipinski definition) is 3. The van der Waals surface area contributed by atoms with E-state index in [0.29, 0.717) is 37.0 Å². The predicted molar refractivity (Wildman–Crippen MR) is 115 cm³/mol. The molecule has 0 amide bonds. The Morgan fingerprint density at radius 1 is 1.03 bits per heavy atom. The molecule has 0 saturated heterocycles. The molecule has 0 atom stereocenters. The van der Waals surface area contributed by atoms with Crippen molar-refractivity contribution in [3.63, 3.8) is 0 Å². The summed E-state index contributed by atoms with van der Waals surface area (Å²) >= 11 is 0. The van der Waals surface area contributed by atoms with Gasteiger partial charge in [0.2, 0.25) is 16.0 Å². The van der Waals surface area contributed by atoms with E-state index in [4.69, 9.17) is 0 Å². The molecule has 4 bridgehead atoms. The van der Waals surface area contributed by atoms with Crippen molar-refractivity contribution in [1.29, 1.82) is 0 Å². The third-order valence-corrected chi connectivity index (χ3v) is 6.03. The molecule has 3 N–H and O–H groups in total. The Hall–Kier alpha value is -3.23. The molecule has 0 radical (unpaired) electrons. The van der Waals surface area contributed by atoms with Crippen molar-refractivity contribution in [3.05, 3.63) is 78.5 Å². The van der Waals surface area contributed by atoms with Gasteiger partial charge in [0.1, 0.15) is 5.82 Å². The molecule has 1 aromatic heterocycles. The molecule has 0 unspecified atom stereocenters. The molecule has 148 valence electrons. The Bertz CT molecular complexity index is 1150. The second kappa shape index (κ2) is 8.02. The molecule has 0 fully saturated rings. The maximum Gasteiger partial charge on any atom is 0.240 e. The molecule has 1 aliphatic rings. The van der Waals surface area contributed by atoms with Crippen LogP contribution in [-0.4, -0.2) is 31.5 Å².